The second-order valence-electron chi connectivity index (χ2n) is 3.55. The van der Waals surface area contributed by atoms with Crippen molar-refractivity contribution in [1.82, 2.24) is 5.32 Å². The highest BCUT2D eigenvalue weighted by atomic mass is 79.9. The molecule has 0 radical (unpaired) electrons. The molecule has 6 heteroatoms. The summed E-state index contributed by atoms with van der Waals surface area (Å²) in [7, 11) is 0. The summed E-state index contributed by atoms with van der Waals surface area (Å²) in [6.45, 7) is 3.65. The summed E-state index contributed by atoms with van der Waals surface area (Å²) in [6, 6.07) is 4.28. The summed E-state index contributed by atoms with van der Waals surface area (Å²) in [5, 5.41) is 13.3. The third-order valence-corrected chi connectivity index (χ3v) is 2.50. The molecular weight excluding hydrogens is 276 g/mol. The smallest absolute Gasteiger partial charge is 0.284 e. The van der Waals surface area contributed by atoms with Crippen molar-refractivity contribution in [3.63, 3.8) is 0 Å². The topological polar surface area (TPSA) is 72.2 Å². The molecule has 0 unspecified atom stereocenters. The Hall–Kier alpha value is -1.43. The van der Waals surface area contributed by atoms with Crippen molar-refractivity contribution >= 4 is 27.5 Å². The van der Waals surface area contributed by atoms with Crippen molar-refractivity contribution < 1.29 is 9.72 Å². The fourth-order valence-corrected chi connectivity index (χ4v) is 1.53. The Morgan fingerprint density at radius 1 is 1.50 bits per heavy atom. The molecule has 5 nitrogen and oxygen atoms in total. The maximum absolute atomic E-state index is 11.6. The second kappa shape index (κ2) is 5.07. The van der Waals surface area contributed by atoms with Gasteiger partial charge >= 0.3 is 0 Å². The zero-order valence-corrected chi connectivity index (χ0v) is 10.4. The number of nitro groups is 1. The minimum atomic E-state index is -0.532. The average Bonchev–Trinajstić information content (AvgIpc) is 2.16. The van der Waals surface area contributed by atoms with Crippen LogP contribution in [-0.2, 0) is 0 Å². The van der Waals surface area contributed by atoms with E-state index in [9.17, 15) is 14.9 Å². The highest BCUT2D eigenvalue weighted by Gasteiger charge is 2.16. The van der Waals surface area contributed by atoms with E-state index in [-0.39, 0.29) is 23.2 Å². The molecule has 1 N–H and O–H groups in total. The molecule has 1 aromatic carbocycles. The highest BCUT2D eigenvalue weighted by molar-refractivity contribution is 9.10. The Morgan fingerprint density at radius 3 is 2.62 bits per heavy atom. The zero-order valence-electron chi connectivity index (χ0n) is 8.86. The van der Waals surface area contributed by atoms with E-state index in [0.717, 1.165) is 0 Å². The van der Waals surface area contributed by atoms with E-state index in [4.69, 9.17) is 0 Å². The Morgan fingerprint density at radius 2 is 2.12 bits per heavy atom. The maximum atomic E-state index is 11.6. The van der Waals surface area contributed by atoms with Gasteiger partial charge in [0.25, 0.3) is 11.6 Å². The number of carbonyl (C=O) groups is 1. The molecule has 0 aliphatic carbocycles. The van der Waals surface area contributed by atoms with Crippen LogP contribution < -0.4 is 5.32 Å². The Labute approximate surface area is 101 Å². The molecule has 1 aromatic rings. The number of halogens is 1. The summed E-state index contributed by atoms with van der Waals surface area (Å²) in [5.74, 6) is -0.314. The van der Waals surface area contributed by atoms with Crippen molar-refractivity contribution in [1.29, 1.82) is 0 Å². The second-order valence-corrected chi connectivity index (χ2v) is 4.41. The lowest BCUT2D eigenvalue weighted by atomic mass is 10.2. The standard InChI is InChI=1S/C10H11BrN2O3/c1-6(2)12-10(14)7-3-4-8(11)9(5-7)13(15)16/h3-6H,1-2H3,(H,12,14). The average molecular weight is 287 g/mol. The van der Waals surface area contributed by atoms with Crippen LogP contribution in [0.15, 0.2) is 22.7 Å². The van der Waals surface area contributed by atoms with Gasteiger partial charge in [-0.15, -0.1) is 0 Å². The molecule has 0 atom stereocenters. The van der Waals surface area contributed by atoms with Gasteiger partial charge in [0, 0.05) is 17.7 Å². The summed E-state index contributed by atoms with van der Waals surface area (Å²) in [5.41, 5.74) is 0.167. The number of hydrogen-bond donors (Lipinski definition) is 1. The molecule has 1 rings (SSSR count). The third kappa shape index (κ3) is 3.03. The summed E-state index contributed by atoms with van der Waals surface area (Å²) in [4.78, 5) is 21.7. The number of amides is 1. The third-order valence-electron chi connectivity index (χ3n) is 1.82. The van der Waals surface area contributed by atoms with Gasteiger partial charge in [-0.25, -0.2) is 0 Å². The van der Waals surface area contributed by atoms with Crippen LogP contribution in [0, 0.1) is 10.1 Å². The Kier molecular flexibility index (Phi) is 4.00. The minimum absolute atomic E-state index is 0.00444. The van der Waals surface area contributed by atoms with Crippen LogP contribution in [0.25, 0.3) is 0 Å². The van der Waals surface area contributed by atoms with Gasteiger partial charge in [0.2, 0.25) is 0 Å². The monoisotopic (exact) mass is 286 g/mol. The van der Waals surface area contributed by atoms with Crippen LogP contribution in [0.3, 0.4) is 0 Å². The normalized spacial score (nSPS) is 10.2. The fourth-order valence-electron chi connectivity index (χ4n) is 1.14. The highest BCUT2D eigenvalue weighted by Crippen LogP contribution is 2.25. The van der Waals surface area contributed by atoms with Crippen molar-refractivity contribution in [2.24, 2.45) is 0 Å². The van der Waals surface area contributed by atoms with Crippen molar-refractivity contribution in [2.45, 2.75) is 19.9 Å². The first-order valence-electron chi connectivity index (χ1n) is 4.66. The minimum Gasteiger partial charge on any atom is -0.350 e. The number of hydrogen-bond acceptors (Lipinski definition) is 3. The van der Waals surface area contributed by atoms with Gasteiger partial charge < -0.3 is 5.32 Å². The van der Waals surface area contributed by atoms with E-state index >= 15 is 0 Å². The number of benzene rings is 1. The van der Waals surface area contributed by atoms with Crippen LogP contribution in [0.5, 0.6) is 0 Å². The van der Waals surface area contributed by atoms with Gasteiger partial charge in [-0.2, -0.15) is 0 Å². The van der Waals surface area contributed by atoms with Crippen LogP contribution in [0.4, 0.5) is 5.69 Å². The molecular formula is C10H11BrN2O3. The van der Waals surface area contributed by atoms with Gasteiger partial charge in [0.05, 0.1) is 9.40 Å². The van der Waals surface area contributed by atoms with E-state index in [1.165, 1.54) is 18.2 Å². The van der Waals surface area contributed by atoms with E-state index in [1.807, 2.05) is 13.8 Å². The van der Waals surface area contributed by atoms with Crippen LogP contribution in [0.2, 0.25) is 0 Å². The molecule has 86 valence electrons. The lowest BCUT2D eigenvalue weighted by molar-refractivity contribution is -0.385. The quantitative estimate of drug-likeness (QED) is 0.685. The first kappa shape index (κ1) is 12.6. The molecule has 0 heterocycles. The predicted molar refractivity (Wildman–Crippen MR) is 63.4 cm³/mol. The van der Waals surface area contributed by atoms with E-state index in [1.54, 1.807) is 0 Å². The molecule has 0 saturated carbocycles. The van der Waals surface area contributed by atoms with E-state index in [2.05, 4.69) is 21.2 Å². The Balaban J connectivity index is 3.03. The lowest BCUT2D eigenvalue weighted by Crippen LogP contribution is -2.30. The first-order valence-corrected chi connectivity index (χ1v) is 5.46. The summed E-state index contributed by atoms with van der Waals surface area (Å²) >= 11 is 3.06. The molecule has 0 aliphatic rings. The van der Waals surface area contributed by atoms with E-state index < -0.39 is 4.92 Å². The number of nitro benzene ring substituents is 1. The first-order chi connectivity index (χ1) is 7.41. The molecule has 0 saturated heterocycles. The van der Waals surface area contributed by atoms with Gasteiger partial charge in [0.15, 0.2) is 0 Å². The van der Waals surface area contributed by atoms with Crippen molar-refractivity contribution in [3.8, 4) is 0 Å². The van der Waals surface area contributed by atoms with E-state index in [0.29, 0.717) is 4.47 Å². The van der Waals surface area contributed by atoms with Crippen molar-refractivity contribution in [2.75, 3.05) is 0 Å². The number of nitrogens with one attached hydrogen (secondary N) is 1. The van der Waals surface area contributed by atoms with Crippen LogP contribution in [0.1, 0.15) is 24.2 Å². The predicted octanol–water partition coefficient (Wildman–Crippen LogP) is 2.50. The van der Waals surface area contributed by atoms with Crippen LogP contribution in [-0.4, -0.2) is 16.9 Å². The molecule has 0 aliphatic heterocycles. The molecule has 0 bridgehead atoms. The number of carbonyl (C=O) groups excluding carboxylic acids is 1. The lowest BCUT2D eigenvalue weighted by Gasteiger charge is -2.08. The summed E-state index contributed by atoms with van der Waals surface area (Å²) in [6.07, 6.45) is 0. The maximum Gasteiger partial charge on any atom is 0.284 e. The van der Waals surface area contributed by atoms with Gasteiger partial charge in [-0.3, -0.25) is 14.9 Å². The molecule has 1 amide bonds. The molecule has 0 aromatic heterocycles. The summed E-state index contributed by atoms with van der Waals surface area (Å²) < 4.78 is 0.360. The van der Waals surface area contributed by atoms with Crippen LogP contribution >= 0.6 is 15.9 Å². The zero-order chi connectivity index (χ0) is 12.3. The Bertz CT molecular complexity index is 432. The van der Waals surface area contributed by atoms with Crippen molar-refractivity contribution in [3.05, 3.63) is 38.3 Å². The molecule has 16 heavy (non-hydrogen) atoms. The molecule has 0 fully saturated rings. The number of rotatable bonds is 3. The largest absolute Gasteiger partial charge is 0.350 e. The SMILES string of the molecule is CC(C)NC(=O)c1ccc(Br)c([N+](=O)[O-])c1. The van der Waals surface area contributed by atoms with Gasteiger partial charge in [-0.05, 0) is 41.9 Å². The van der Waals surface area contributed by atoms with Gasteiger partial charge in [0.1, 0.15) is 0 Å². The number of nitrogens with zero attached hydrogens (tertiary/aromatic N) is 1. The fraction of sp³-hybridized carbons (Fsp3) is 0.300. The molecule has 0 spiro atoms. The van der Waals surface area contributed by atoms with Gasteiger partial charge in [-0.1, -0.05) is 0 Å².